The van der Waals surface area contributed by atoms with E-state index in [2.05, 4.69) is 21.3 Å². The van der Waals surface area contributed by atoms with Gasteiger partial charge in [0.1, 0.15) is 22.4 Å². The molecule has 0 spiro atoms. The Bertz CT molecular complexity index is 1580. The zero-order valence-electron chi connectivity index (χ0n) is 36.6. The fourth-order valence-corrected chi connectivity index (χ4v) is 7.57. The van der Waals surface area contributed by atoms with Crippen molar-refractivity contribution in [3.63, 3.8) is 0 Å². The first-order valence-corrected chi connectivity index (χ1v) is 20.9. The van der Waals surface area contributed by atoms with Gasteiger partial charge in [0.15, 0.2) is 0 Å². The molecular weight excluding hydrogens is 751 g/mol. The van der Waals surface area contributed by atoms with Crippen LogP contribution in [0.4, 0.5) is 19.2 Å². The van der Waals surface area contributed by atoms with Gasteiger partial charge in [0, 0.05) is 23.7 Å². The molecule has 0 saturated heterocycles. The lowest BCUT2D eigenvalue weighted by Gasteiger charge is -2.29. The molecule has 0 heterocycles. The number of carbonyl (C=O) groups is 4. The van der Waals surface area contributed by atoms with E-state index in [-0.39, 0.29) is 13.1 Å². The lowest BCUT2D eigenvalue weighted by Crippen LogP contribution is -2.47. The Morgan fingerprint density at radius 2 is 0.754 bits per heavy atom. The topological polar surface area (TPSA) is 180 Å². The van der Waals surface area contributed by atoms with Gasteiger partial charge in [-0.2, -0.15) is 0 Å². The number of amides is 4. The molecule has 0 aliphatic carbocycles. The number of hydrogen-bond donors (Lipinski definition) is 4. The third kappa shape index (κ3) is 20.1. The Balaban J connectivity index is 2.37. The van der Waals surface area contributed by atoms with Crippen LogP contribution in [0.3, 0.4) is 0 Å². The van der Waals surface area contributed by atoms with Crippen LogP contribution in [-0.2, 0) is 40.9 Å². The summed E-state index contributed by atoms with van der Waals surface area (Å²) in [7, 11) is -3.66. The summed E-state index contributed by atoms with van der Waals surface area (Å²) in [5.74, 6) is 0. The largest absolute Gasteiger partial charge is 0.444 e. The first-order chi connectivity index (χ1) is 25.8. The van der Waals surface area contributed by atoms with Crippen LogP contribution in [0.25, 0.3) is 0 Å². The first-order valence-electron chi connectivity index (χ1n) is 19.2. The van der Waals surface area contributed by atoms with Crippen molar-refractivity contribution in [3.8, 4) is 0 Å². The molecule has 2 rings (SSSR count). The molecule has 0 aromatic heterocycles. The van der Waals surface area contributed by atoms with Gasteiger partial charge in [-0.3, -0.25) is 4.57 Å². The highest BCUT2D eigenvalue weighted by Crippen LogP contribution is 2.48. The first kappa shape index (κ1) is 48.9. The minimum absolute atomic E-state index is 0.0686. The van der Waals surface area contributed by atoms with Crippen molar-refractivity contribution in [3.05, 3.63) is 59.7 Å². The molecule has 2 atom stereocenters. The second-order valence-electron chi connectivity index (χ2n) is 18.9. The Labute approximate surface area is 339 Å². The van der Waals surface area contributed by atoms with Crippen LogP contribution < -0.4 is 31.9 Å². The third-order valence-electron chi connectivity index (χ3n) is 7.14. The van der Waals surface area contributed by atoms with Gasteiger partial charge >= 0.3 is 24.4 Å². The number of benzene rings is 2. The molecule has 0 radical (unpaired) electrons. The number of hydrogen-bond acceptors (Lipinski definition) is 10. The summed E-state index contributed by atoms with van der Waals surface area (Å²) in [4.78, 5) is 50.3. The van der Waals surface area contributed by atoms with E-state index in [0.717, 1.165) is 11.1 Å². The number of alkyl carbamates (subject to hydrolysis) is 4. The maximum Gasteiger partial charge on any atom is 0.407 e. The molecule has 0 unspecified atom stereocenters. The van der Waals surface area contributed by atoms with Crippen molar-refractivity contribution in [1.29, 1.82) is 0 Å². The molecule has 2 aromatic carbocycles. The van der Waals surface area contributed by atoms with Crippen molar-refractivity contribution in [2.45, 2.75) is 157 Å². The monoisotopic (exact) mass is 818 g/mol. The van der Waals surface area contributed by atoms with E-state index in [0.29, 0.717) is 23.5 Å². The van der Waals surface area contributed by atoms with Crippen molar-refractivity contribution in [1.82, 2.24) is 21.3 Å². The maximum absolute atomic E-state index is 14.9. The number of nitrogens with one attached hydrogen (secondary N) is 4. The summed E-state index contributed by atoms with van der Waals surface area (Å²) in [5, 5.41) is 12.0. The molecule has 0 aliphatic rings. The predicted octanol–water partition coefficient (Wildman–Crippen LogP) is 7.65. The second kappa shape index (κ2) is 19.4. The molecule has 2 aromatic rings. The lowest BCUT2D eigenvalue weighted by molar-refractivity contribution is 0.0463. The van der Waals surface area contributed by atoms with Crippen LogP contribution in [0.1, 0.15) is 115 Å². The van der Waals surface area contributed by atoms with Gasteiger partial charge in [0.05, 0.1) is 17.7 Å². The van der Waals surface area contributed by atoms with Gasteiger partial charge in [0.25, 0.3) is 7.37 Å². The van der Waals surface area contributed by atoms with Gasteiger partial charge in [0.2, 0.25) is 0 Å². The molecule has 14 nitrogen and oxygen atoms in total. The van der Waals surface area contributed by atoms with Crippen molar-refractivity contribution in [2.75, 3.05) is 13.1 Å². The molecule has 4 amide bonds. The summed E-state index contributed by atoms with van der Waals surface area (Å²) in [6, 6.07) is 13.1. The van der Waals surface area contributed by atoms with Gasteiger partial charge < -0.3 is 44.7 Å². The third-order valence-corrected chi connectivity index (χ3v) is 9.91. The number of rotatable bonds is 13. The molecule has 57 heavy (non-hydrogen) atoms. The normalized spacial score (nSPS) is 13.7. The molecule has 320 valence electrons. The molecule has 0 saturated carbocycles. The highest BCUT2D eigenvalue weighted by Gasteiger charge is 2.34. The second-order valence-corrected chi connectivity index (χ2v) is 21.3. The van der Waals surface area contributed by atoms with Crippen molar-refractivity contribution in [2.24, 2.45) is 0 Å². The highest BCUT2D eigenvalue weighted by atomic mass is 31.2. The van der Waals surface area contributed by atoms with Gasteiger partial charge in [-0.25, -0.2) is 19.2 Å². The fourth-order valence-electron chi connectivity index (χ4n) is 5.20. The Morgan fingerprint density at radius 1 is 0.474 bits per heavy atom. The van der Waals surface area contributed by atoms with E-state index >= 15 is 0 Å². The SMILES string of the molecule is CC(C)(C)OC(=O)NC[C@H](Cc1ccc(P(=O)(OC(C)(C)C)c2ccc(C[C@@H](CNC(=O)OC(C)(C)C)NC(=O)OC(C)(C)C)cc2)cc1)NC(=O)OC(C)(C)C. The zero-order valence-corrected chi connectivity index (χ0v) is 37.5. The maximum atomic E-state index is 14.9. The Kier molecular flexibility index (Phi) is 16.7. The standard InChI is InChI=1S/C42H67N4O10P/c1-38(2,3)52-34(47)43-26-30(45-36(49)54-40(7,8)9)24-28-16-20-32(21-17-28)57(51,56-42(13,14)15)33-22-18-29(19-23-33)25-31(46-37(50)55-41(10,11)12)27-44-35(48)53-39(4,5)6/h16-23,30-31H,24-27H2,1-15H3,(H,43,47)(H,44,48)(H,45,49)(H,46,50)/t30-,31-/m0/s1. The summed E-state index contributed by atoms with van der Waals surface area (Å²) in [5.41, 5.74) is -2.02. The number of ether oxygens (including phenoxy) is 4. The highest BCUT2D eigenvalue weighted by molar-refractivity contribution is 7.74. The average Bonchev–Trinajstić information content (AvgIpc) is 2.99. The number of carbonyl (C=O) groups excluding carboxylic acids is 4. The van der Waals surface area contributed by atoms with E-state index in [4.69, 9.17) is 23.5 Å². The van der Waals surface area contributed by atoms with Gasteiger partial charge in [-0.1, -0.05) is 24.3 Å². The molecule has 0 bridgehead atoms. The van der Waals surface area contributed by atoms with E-state index in [1.807, 2.05) is 45.0 Å². The summed E-state index contributed by atoms with van der Waals surface area (Å²) in [6.07, 6.45) is -1.87. The van der Waals surface area contributed by atoms with Crippen LogP contribution in [0, 0.1) is 0 Å². The van der Waals surface area contributed by atoms with E-state index < -0.39 is 71.8 Å². The summed E-state index contributed by atoms with van der Waals surface area (Å²) < 4.78 is 42.9. The van der Waals surface area contributed by atoms with Crippen LogP contribution in [0.5, 0.6) is 0 Å². The van der Waals surface area contributed by atoms with E-state index in [1.54, 1.807) is 107 Å². The van der Waals surface area contributed by atoms with Crippen LogP contribution in [0.2, 0.25) is 0 Å². The minimum atomic E-state index is -3.66. The van der Waals surface area contributed by atoms with Crippen LogP contribution >= 0.6 is 7.37 Å². The summed E-state index contributed by atoms with van der Waals surface area (Å²) >= 11 is 0. The predicted molar refractivity (Wildman–Crippen MR) is 223 cm³/mol. The van der Waals surface area contributed by atoms with Crippen molar-refractivity contribution >= 4 is 42.4 Å². The quantitative estimate of drug-likeness (QED) is 0.116. The zero-order chi connectivity index (χ0) is 43.6. The average molecular weight is 819 g/mol. The Hall–Kier alpha value is -4.29. The minimum Gasteiger partial charge on any atom is -0.444 e. The molecule has 0 aliphatic heterocycles. The molecular formula is C42H67N4O10P. The molecule has 15 heteroatoms. The van der Waals surface area contributed by atoms with E-state index in [1.165, 1.54) is 0 Å². The molecule has 0 fully saturated rings. The van der Waals surface area contributed by atoms with E-state index in [9.17, 15) is 23.7 Å². The molecule has 4 N–H and O–H groups in total. The van der Waals surface area contributed by atoms with Gasteiger partial charge in [-0.05, 0) is 152 Å². The van der Waals surface area contributed by atoms with Gasteiger partial charge in [-0.15, -0.1) is 0 Å². The van der Waals surface area contributed by atoms with Crippen LogP contribution in [-0.4, -0.2) is 77.6 Å². The van der Waals surface area contributed by atoms with Crippen LogP contribution in [0.15, 0.2) is 48.5 Å². The summed E-state index contributed by atoms with van der Waals surface area (Å²) in [6.45, 7) is 26.8. The lowest BCUT2D eigenvalue weighted by atomic mass is 10.1. The Morgan fingerprint density at radius 3 is 1.02 bits per heavy atom. The smallest absolute Gasteiger partial charge is 0.407 e. The van der Waals surface area contributed by atoms with Crippen molar-refractivity contribution < 1.29 is 47.2 Å². The fraction of sp³-hybridized carbons (Fsp3) is 0.619.